The summed E-state index contributed by atoms with van der Waals surface area (Å²) >= 11 is 0. The highest BCUT2D eigenvalue weighted by Gasteiger charge is 2.07. The second-order valence-electron chi connectivity index (χ2n) is 3.79. The van der Waals surface area contributed by atoms with Crippen molar-refractivity contribution in [3.05, 3.63) is 53.7 Å². The Bertz CT molecular complexity index is 532. The highest BCUT2D eigenvalue weighted by molar-refractivity contribution is 5.90. The SMILES string of the molecule is COC(=O)c1ccnc(-c2ccc(C)cc2)c1. The maximum Gasteiger partial charge on any atom is 0.337 e. The second kappa shape index (κ2) is 4.78. The van der Waals surface area contributed by atoms with E-state index in [2.05, 4.69) is 9.72 Å². The molecule has 3 heteroatoms. The van der Waals surface area contributed by atoms with Crippen molar-refractivity contribution in [1.82, 2.24) is 4.98 Å². The number of benzene rings is 1. The van der Waals surface area contributed by atoms with Crippen LogP contribution in [0.3, 0.4) is 0 Å². The fourth-order valence-corrected chi connectivity index (χ4v) is 1.56. The third kappa shape index (κ3) is 2.50. The number of hydrogen-bond donors (Lipinski definition) is 0. The van der Waals surface area contributed by atoms with Crippen LogP contribution in [-0.2, 0) is 4.74 Å². The van der Waals surface area contributed by atoms with Crippen molar-refractivity contribution in [2.24, 2.45) is 0 Å². The summed E-state index contributed by atoms with van der Waals surface area (Å²) in [5.41, 5.74) is 3.46. The van der Waals surface area contributed by atoms with Gasteiger partial charge in [-0.1, -0.05) is 29.8 Å². The number of carbonyl (C=O) groups is 1. The Labute approximate surface area is 100 Å². The largest absolute Gasteiger partial charge is 0.465 e. The summed E-state index contributed by atoms with van der Waals surface area (Å²) < 4.78 is 4.68. The number of aryl methyl sites for hydroxylation is 1. The quantitative estimate of drug-likeness (QED) is 0.740. The zero-order valence-electron chi connectivity index (χ0n) is 9.81. The smallest absolute Gasteiger partial charge is 0.337 e. The van der Waals surface area contributed by atoms with Gasteiger partial charge in [0.1, 0.15) is 0 Å². The molecule has 17 heavy (non-hydrogen) atoms. The lowest BCUT2D eigenvalue weighted by molar-refractivity contribution is 0.0600. The van der Waals surface area contributed by atoms with Crippen molar-refractivity contribution < 1.29 is 9.53 Å². The molecule has 86 valence electrons. The number of ether oxygens (including phenoxy) is 1. The van der Waals surface area contributed by atoms with E-state index in [0.29, 0.717) is 5.56 Å². The van der Waals surface area contributed by atoms with Crippen LogP contribution in [0, 0.1) is 6.92 Å². The molecule has 0 aliphatic rings. The fraction of sp³-hybridized carbons (Fsp3) is 0.143. The van der Waals surface area contributed by atoms with Gasteiger partial charge in [0, 0.05) is 11.8 Å². The summed E-state index contributed by atoms with van der Waals surface area (Å²) in [6, 6.07) is 11.4. The Morgan fingerprint density at radius 3 is 2.53 bits per heavy atom. The zero-order valence-corrected chi connectivity index (χ0v) is 9.81. The summed E-state index contributed by atoms with van der Waals surface area (Å²) in [5, 5.41) is 0. The van der Waals surface area contributed by atoms with Crippen LogP contribution in [0.5, 0.6) is 0 Å². The number of aromatic nitrogens is 1. The van der Waals surface area contributed by atoms with Crippen LogP contribution in [0.25, 0.3) is 11.3 Å². The Hall–Kier alpha value is -2.16. The summed E-state index contributed by atoms with van der Waals surface area (Å²) in [4.78, 5) is 15.6. The van der Waals surface area contributed by atoms with Gasteiger partial charge < -0.3 is 4.74 Å². The van der Waals surface area contributed by atoms with Crippen molar-refractivity contribution in [2.45, 2.75) is 6.92 Å². The minimum Gasteiger partial charge on any atom is -0.465 e. The number of rotatable bonds is 2. The monoisotopic (exact) mass is 227 g/mol. The van der Waals surface area contributed by atoms with E-state index < -0.39 is 0 Å². The van der Waals surface area contributed by atoms with E-state index in [1.807, 2.05) is 31.2 Å². The maximum atomic E-state index is 11.4. The van der Waals surface area contributed by atoms with E-state index in [1.165, 1.54) is 12.7 Å². The van der Waals surface area contributed by atoms with Gasteiger partial charge in [-0.05, 0) is 19.1 Å². The average molecular weight is 227 g/mol. The zero-order chi connectivity index (χ0) is 12.3. The Morgan fingerprint density at radius 1 is 1.18 bits per heavy atom. The lowest BCUT2D eigenvalue weighted by Gasteiger charge is -2.03. The molecule has 0 aliphatic heterocycles. The Morgan fingerprint density at radius 2 is 1.88 bits per heavy atom. The first-order valence-corrected chi connectivity index (χ1v) is 5.32. The van der Waals surface area contributed by atoms with Crippen LogP contribution in [0.1, 0.15) is 15.9 Å². The van der Waals surface area contributed by atoms with Gasteiger partial charge in [-0.15, -0.1) is 0 Å². The molecule has 0 aliphatic carbocycles. The highest BCUT2D eigenvalue weighted by atomic mass is 16.5. The average Bonchev–Trinajstić information content (AvgIpc) is 2.39. The minimum absolute atomic E-state index is 0.347. The first-order chi connectivity index (χ1) is 8.20. The van der Waals surface area contributed by atoms with Crippen molar-refractivity contribution in [2.75, 3.05) is 7.11 Å². The van der Waals surface area contributed by atoms with E-state index in [0.717, 1.165) is 11.3 Å². The van der Waals surface area contributed by atoms with Crippen molar-refractivity contribution >= 4 is 5.97 Å². The molecule has 0 saturated carbocycles. The summed E-state index contributed by atoms with van der Waals surface area (Å²) in [5.74, 6) is -0.347. The van der Waals surface area contributed by atoms with Crippen LogP contribution in [0.4, 0.5) is 0 Å². The number of methoxy groups -OCH3 is 1. The van der Waals surface area contributed by atoms with Gasteiger partial charge in [0.25, 0.3) is 0 Å². The molecule has 0 unspecified atom stereocenters. The third-order valence-corrected chi connectivity index (χ3v) is 2.53. The second-order valence-corrected chi connectivity index (χ2v) is 3.79. The predicted octanol–water partition coefficient (Wildman–Crippen LogP) is 2.84. The summed E-state index contributed by atoms with van der Waals surface area (Å²) in [6.07, 6.45) is 1.61. The predicted molar refractivity (Wildman–Crippen MR) is 65.7 cm³/mol. The van der Waals surface area contributed by atoms with E-state index in [9.17, 15) is 4.79 Å². The Balaban J connectivity index is 2.39. The molecule has 0 amide bonds. The molecule has 0 saturated heterocycles. The van der Waals surface area contributed by atoms with Gasteiger partial charge in [0.15, 0.2) is 0 Å². The van der Waals surface area contributed by atoms with Crippen LogP contribution in [0.15, 0.2) is 42.6 Å². The van der Waals surface area contributed by atoms with Crippen molar-refractivity contribution in [3.8, 4) is 11.3 Å². The number of esters is 1. The van der Waals surface area contributed by atoms with Crippen LogP contribution >= 0.6 is 0 Å². The van der Waals surface area contributed by atoms with Crippen LogP contribution in [-0.4, -0.2) is 18.1 Å². The van der Waals surface area contributed by atoms with Gasteiger partial charge >= 0.3 is 5.97 Å². The molecule has 3 nitrogen and oxygen atoms in total. The first-order valence-electron chi connectivity index (χ1n) is 5.32. The minimum atomic E-state index is -0.347. The maximum absolute atomic E-state index is 11.4. The van der Waals surface area contributed by atoms with Crippen LogP contribution in [0.2, 0.25) is 0 Å². The molecular formula is C14H13NO2. The summed E-state index contributed by atoms with van der Waals surface area (Å²) in [6.45, 7) is 2.03. The molecule has 0 fully saturated rings. The standard InChI is InChI=1S/C14H13NO2/c1-10-3-5-11(6-4-10)13-9-12(7-8-15-13)14(16)17-2/h3-9H,1-2H3. The molecule has 0 bridgehead atoms. The normalized spacial score (nSPS) is 10.0. The molecule has 1 aromatic carbocycles. The van der Waals surface area contributed by atoms with E-state index in [4.69, 9.17) is 0 Å². The van der Waals surface area contributed by atoms with Gasteiger partial charge in [0.2, 0.25) is 0 Å². The molecule has 0 spiro atoms. The van der Waals surface area contributed by atoms with E-state index >= 15 is 0 Å². The molecule has 0 radical (unpaired) electrons. The molecule has 2 rings (SSSR count). The van der Waals surface area contributed by atoms with Crippen molar-refractivity contribution in [1.29, 1.82) is 0 Å². The van der Waals surface area contributed by atoms with E-state index in [1.54, 1.807) is 18.3 Å². The molecular weight excluding hydrogens is 214 g/mol. The number of pyridine rings is 1. The van der Waals surface area contributed by atoms with Gasteiger partial charge in [-0.3, -0.25) is 4.98 Å². The van der Waals surface area contributed by atoms with Gasteiger partial charge in [-0.2, -0.15) is 0 Å². The van der Waals surface area contributed by atoms with E-state index in [-0.39, 0.29) is 5.97 Å². The number of hydrogen-bond acceptors (Lipinski definition) is 3. The molecule has 1 heterocycles. The number of carbonyl (C=O) groups excluding carboxylic acids is 1. The molecule has 0 atom stereocenters. The summed E-state index contributed by atoms with van der Waals surface area (Å²) in [7, 11) is 1.37. The third-order valence-electron chi connectivity index (χ3n) is 2.53. The van der Waals surface area contributed by atoms with Crippen molar-refractivity contribution in [3.63, 3.8) is 0 Å². The van der Waals surface area contributed by atoms with Crippen LogP contribution < -0.4 is 0 Å². The molecule has 0 N–H and O–H groups in total. The fourth-order valence-electron chi connectivity index (χ4n) is 1.56. The topological polar surface area (TPSA) is 39.2 Å². The lowest BCUT2D eigenvalue weighted by atomic mass is 10.1. The Kier molecular flexibility index (Phi) is 3.19. The lowest BCUT2D eigenvalue weighted by Crippen LogP contribution is -2.01. The first kappa shape index (κ1) is 11.3. The number of nitrogens with zero attached hydrogens (tertiary/aromatic N) is 1. The highest BCUT2D eigenvalue weighted by Crippen LogP contribution is 2.18. The molecule has 1 aromatic heterocycles. The van der Waals surface area contributed by atoms with Gasteiger partial charge in [-0.25, -0.2) is 4.79 Å². The molecule has 2 aromatic rings. The van der Waals surface area contributed by atoms with Gasteiger partial charge in [0.05, 0.1) is 18.4 Å².